The van der Waals surface area contributed by atoms with Gasteiger partial charge >= 0.3 is 0 Å². The largest absolute Gasteiger partial charge is 0.783 e. The van der Waals surface area contributed by atoms with Crippen molar-refractivity contribution in [3.8, 4) is 0 Å². The molecule has 0 bridgehead atoms. The lowest BCUT2D eigenvalue weighted by molar-refractivity contribution is 0.0559. The first kappa shape index (κ1) is 6.87. The van der Waals surface area contributed by atoms with Gasteiger partial charge in [-0.3, -0.25) is 0 Å². The predicted molar refractivity (Wildman–Crippen MR) is 30.2 cm³/mol. The Kier molecular flexibility index (Phi) is 1.96. The highest BCUT2D eigenvalue weighted by Gasteiger charge is 2.02. The van der Waals surface area contributed by atoms with Crippen LogP contribution in [0.3, 0.4) is 0 Å². The molecule has 0 aromatic heterocycles. The Balaban J connectivity index is 2.34. The van der Waals surface area contributed by atoms with Gasteiger partial charge in [0.2, 0.25) is 0 Å². The van der Waals surface area contributed by atoms with Crippen molar-refractivity contribution in [2.45, 2.75) is 0 Å². The fraction of sp³-hybridized carbons (Fsp3) is 1.00. The Morgan fingerprint density at radius 3 is 1.11 bits per heavy atom. The van der Waals surface area contributed by atoms with Crippen molar-refractivity contribution in [1.82, 2.24) is 15.2 Å². The topological polar surface area (TPSA) is 78.9 Å². The minimum absolute atomic E-state index is 0.223. The molecule has 0 saturated carbocycles. The summed E-state index contributed by atoms with van der Waals surface area (Å²) in [7, 11) is 0. The first-order chi connectivity index (χ1) is 4.18. The smallest absolute Gasteiger partial charge is 0.0293 e. The second-order valence-corrected chi connectivity index (χ2v) is 1.87. The molecule has 1 fully saturated rings. The van der Waals surface area contributed by atoms with E-state index in [1.54, 1.807) is 0 Å². The van der Waals surface area contributed by atoms with Crippen LogP contribution < -0.4 is 0 Å². The maximum Gasteiger partial charge on any atom is 0.0293 e. The van der Waals surface area contributed by atoms with Gasteiger partial charge < -0.3 is 30.8 Å². The van der Waals surface area contributed by atoms with Gasteiger partial charge in [0.25, 0.3) is 0 Å². The molecule has 1 saturated heterocycles. The molecular weight excluding hydrogens is 126 g/mol. The molecular formula is C3H6N3O3-3. The molecule has 9 heavy (non-hydrogen) atoms. The van der Waals surface area contributed by atoms with E-state index in [1.807, 2.05) is 0 Å². The molecule has 0 aromatic rings. The van der Waals surface area contributed by atoms with Gasteiger partial charge in [-0.1, -0.05) is 0 Å². The number of hydrogen-bond acceptors (Lipinski definition) is 6. The third-order valence-corrected chi connectivity index (χ3v) is 0.946. The Morgan fingerprint density at radius 1 is 0.667 bits per heavy atom. The third kappa shape index (κ3) is 1.86. The van der Waals surface area contributed by atoms with Gasteiger partial charge in [-0.15, -0.1) is 0 Å². The highest BCUT2D eigenvalue weighted by Crippen LogP contribution is 2.01. The van der Waals surface area contributed by atoms with Crippen LogP contribution in [0, 0.1) is 15.6 Å². The van der Waals surface area contributed by atoms with Crippen LogP contribution in [0.5, 0.6) is 0 Å². The fourth-order valence-electron chi connectivity index (χ4n) is 0.662. The maximum absolute atomic E-state index is 10.3. The average molecular weight is 132 g/mol. The molecule has 1 heterocycles. The lowest BCUT2D eigenvalue weighted by Crippen LogP contribution is -2.48. The van der Waals surface area contributed by atoms with E-state index in [9.17, 15) is 15.6 Å². The van der Waals surface area contributed by atoms with E-state index in [2.05, 4.69) is 0 Å². The van der Waals surface area contributed by atoms with E-state index < -0.39 is 0 Å². The van der Waals surface area contributed by atoms with Crippen LogP contribution in [0.4, 0.5) is 0 Å². The normalized spacial score (nSPS) is 27.0. The highest BCUT2D eigenvalue weighted by molar-refractivity contribution is 4.68. The standard InChI is InChI=1S/C3H6N3O3/c7-4-1-5(8)3-6(9)2-4/h1-3H2/q-3. The van der Waals surface area contributed by atoms with E-state index >= 15 is 0 Å². The summed E-state index contributed by atoms with van der Waals surface area (Å²) in [6.07, 6.45) is 0. The molecule has 0 aliphatic carbocycles. The molecule has 0 atom stereocenters. The van der Waals surface area contributed by atoms with E-state index in [4.69, 9.17) is 0 Å². The zero-order chi connectivity index (χ0) is 6.85. The highest BCUT2D eigenvalue weighted by atomic mass is 16.6. The van der Waals surface area contributed by atoms with Gasteiger partial charge in [-0.05, 0) is 0 Å². The van der Waals surface area contributed by atoms with Gasteiger partial charge in [-0.25, -0.2) is 0 Å². The van der Waals surface area contributed by atoms with Crippen molar-refractivity contribution in [3.63, 3.8) is 0 Å². The van der Waals surface area contributed by atoms with Gasteiger partial charge in [0.15, 0.2) is 0 Å². The van der Waals surface area contributed by atoms with Crippen LogP contribution in [0.15, 0.2) is 0 Å². The molecule has 0 radical (unpaired) electrons. The summed E-state index contributed by atoms with van der Waals surface area (Å²) in [6, 6.07) is 0. The maximum atomic E-state index is 10.3. The van der Waals surface area contributed by atoms with Crippen molar-refractivity contribution < 1.29 is 0 Å². The fourth-order valence-corrected chi connectivity index (χ4v) is 0.662. The zero-order valence-corrected chi connectivity index (χ0v) is 4.69. The van der Waals surface area contributed by atoms with E-state index in [-0.39, 0.29) is 20.0 Å². The molecule has 1 rings (SSSR count). The molecule has 54 valence electrons. The first-order valence-electron chi connectivity index (χ1n) is 2.45. The summed E-state index contributed by atoms with van der Waals surface area (Å²) in [5.74, 6) is 0. The van der Waals surface area contributed by atoms with Crippen molar-refractivity contribution in [3.05, 3.63) is 15.6 Å². The lowest BCUT2D eigenvalue weighted by atomic mass is 10.7. The molecule has 1 aliphatic heterocycles. The molecule has 0 N–H and O–H groups in total. The van der Waals surface area contributed by atoms with Crippen molar-refractivity contribution >= 4 is 0 Å². The van der Waals surface area contributed by atoms with Crippen molar-refractivity contribution in [1.29, 1.82) is 0 Å². The van der Waals surface area contributed by atoms with Gasteiger partial charge in [0.1, 0.15) is 0 Å². The second-order valence-electron chi connectivity index (χ2n) is 1.87. The van der Waals surface area contributed by atoms with Crippen LogP contribution in [0.1, 0.15) is 0 Å². The zero-order valence-electron chi connectivity index (χ0n) is 4.69. The van der Waals surface area contributed by atoms with Crippen molar-refractivity contribution in [2.24, 2.45) is 0 Å². The van der Waals surface area contributed by atoms with Crippen molar-refractivity contribution in [2.75, 3.05) is 20.0 Å². The Labute approximate surface area is 52.0 Å². The van der Waals surface area contributed by atoms with E-state index in [0.717, 1.165) is 0 Å². The summed E-state index contributed by atoms with van der Waals surface area (Å²) < 4.78 is 0. The van der Waals surface area contributed by atoms with Gasteiger partial charge in [-0.2, -0.15) is 0 Å². The van der Waals surface area contributed by atoms with Gasteiger partial charge in [0, 0.05) is 20.0 Å². The van der Waals surface area contributed by atoms with Gasteiger partial charge in [0.05, 0.1) is 0 Å². The first-order valence-corrected chi connectivity index (χ1v) is 2.45. The lowest BCUT2D eigenvalue weighted by Gasteiger charge is -2.51. The van der Waals surface area contributed by atoms with E-state index in [1.165, 1.54) is 0 Å². The molecule has 6 nitrogen and oxygen atoms in total. The predicted octanol–water partition coefficient (Wildman–Crippen LogP) is -0.728. The summed E-state index contributed by atoms with van der Waals surface area (Å²) in [4.78, 5) is 0. The third-order valence-electron chi connectivity index (χ3n) is 0.946. The summed E-state index contributed by atoms with van der Waals surface area (Å²) in [5, 5.41) is 32.2. The number of hydroxylamine groups is 6. The van der Waals surface area contributed by atoms with Crippen LogP contribution in [-0.4, -0.2) is 35.2 Å². The Morgan fingerprint density at radius 2 is 0.889 bits per heavy atom. The minimum atomic E-state index is -0.223. The number of nitrogens with zero attached hydrogens (tertiary/aromatic N) is 3. The number of hydrogen-bond donors (Lipinski definition) is 0. The summed E-state index contributed by atoms with van der Waals surface area (Å²) in [5.41, 5.74) is 0. The number of rotatable bonds is 0. The molecule has 0 amide bonds. The summed E-state index contributed by atoms with van der Waals surface area (Å²) in [6.45, 7) is -0.670. The summed E-state index contributed by atoms with van der Waals surface area (Å²) >= 11 is 0. The Hall–Kier alpha value is -0.240. The van der Waals surface area contributed by atoms with Crippen LogP contribution in [0.25, 0.3) is 0 Å². The molecule has 1 aliphatic rings. The second kappa shape index (κ2) is 2.56. The quantitative estimate of drug-likeness (QED) is 0.432. The molecule has 6 heteroatoms. The van der Waals surface area contributed by atoms with E-state index in [0.29, 0.717) is 15.2 Å². The van der Waals surface area contributed by atoms with Crippen LogP contribution in [0.2, 0.25) is 0 Å². The monoisotopic (exact) mass is 132 g/mol. The SMILES string of the molecule is [O-]N1CN([O-])CN([O-])C1. The molecule has 0 spiro atoms. The van der Waals surface area contributed by atoms with Crippen LogP contribution in [-0.2, 0) is 0 Å². The molecule has 0 unspecified atom stereocenters. The average Bonchev–Trinajstić information content (AvgIpc) is 1.59. The molecule has 0 aromatic carbocycles. The minimum Gasteiger partial charge on any atom is -0.783 e. The van der Waals surface area contributed by atoms with Crippen LogP contribution >= 0.6 is 0 Å². The Bertz CT molecular complexity index is 75.3.